The van der Waals surface area contributed by atoms with E-state index in [1.807, 2.05) is 0 Å². The average Bonchev–Trinajstić information content (AvgIpc) is 2.65. The van der Waals surface area contributed by atoms with Crippen molar-refractivity contribution in [2.45, 2.75) is 44.1 Å². The maximum atomic E-state index is 6.18. The maximum absolute atomic E-state index is 6.18. The van der Waals surface area contributed by atoms with Crippen LogP contribution < -0.4 is 10.6 Å². The van der Waals surface area contributed by atoms with E-state index in [0.29, 0.717) is 17.9 Å². The molecule has 3 atom stereocenters. The Kier molecular flexibility index (Phi) is 5.81. The van der Waals surface area contributed by atoms with Crippen LogP contribution in [0.15, 0.2) is 54.6 Å². The molecule has 2 fully saturated rings. The largest absolute Gasteiger partial charge is 0.381 e. The van der Waals surface area contributed by atoms with E-state index in [4.69, 9.17) is 11.6 Å². The molecule has 0 radical (unpaired) electrons. The van der Waals surface area contributed by atoms with Gasteiger partial charge >= 0.3 is 0 Å². The molecule has 0 amide bonds. The maximum Gasteiger partial charge on any atom is 0.0406 e. The van der Waals surface area contributed by atoms with Gasteiger partial charge < -0.3 is 10.6 Å². The van der Waals surface area contributed by atoms with Crippen LogP contribution in [0.5, 0.6) is 0 Å². The molecule has 1 heterocycles. The Morgan fingerprint density at radius 2 is 1.62 bits per heavy atom. The van der Waals surface area contributed by atoms with Crippen molar-refractivity contribution in [2.24, 2.45) is 11.8 Å². The van der Waals surface area contributed by atoms with E-state index in [1.165, 1.54) is 43.4 Å². The first kappa shape index (κ1) is 17.9. The van der Waals surface area contributed by atoms with Gasteiger partial charge in [0.05, 0.1) is 0 Å². The summed E-state index contributed by atoms with van der Waals surface area (Å²) in [4.78, 5) is 0. The lowest BCUT2D eigenvalue weighted by Crippen LogP contribution is -2.46. The molecule has 26 heavy (non-hydrogen) atoms. The Morgan fingerprint density at radius 1 is 0.885 bits per heavy atom. The Hall–Kier alpha value is -1.51. The van der Waals surface area contributed by atoms with Crippen LogP contribution in [0.1, 0.15) is 43.6 Å². The molecule has 3 unspecified atom stereocenters. The van der Waals surface area contributed by atoms with Crippen LogP contribution >= 0.6 is 11.6 Å². The lowest BCUT2D eigenvalue weighted by atomic mass is 9.66. The monoisotopic (exact) mass is 368 g/mol. The van der Waals surface area contributed by atoms with Crippen molar-refractivity contribution in [1.82, 2.24) is 5.32 Å². The molecule has 1 aliphatic carbocycles. The number of para-hydroxylation sites is 1. The molecular weight excluding hydrogens is 340 g/mol. The van der Waals surface area contributed by atoms with Crippen LogP contribution in [0.2, 0.25) is 5.02 Å². The van der Waals surface area contributed by atoms with Gasteiger partial charge in [-0.2, -0.15) is 0 Å². The summed E-state index contributed by atoms with van der Waals surface area (Å²) in [6.07, 6.45) is 6.64. The van der Waals surface area contributed by atoms with Gasteiger partial charge in [0.2, 0.25) is 0 Å². The molecule has 2 aliphatic rings. The van der Waals surface area contributed by atoms with Crippen LogP contribution in [0.25, 0.3) is 0 Å². The minimum Gasteiger partial charge on any atom is -0.381 e. The highest BCUT2D eigenvalue weighted by Crippen LogP contribution is 2.44. The Bertz CT molecular complexity index is 675. The first-order valence-corrected chi connectivity index (χ1v) is 10.5. The molecule has 2 aromatic rings. The summed E-state index contributed by atoms with van der Waals surface area (Å²) >= 11 is 6.18. The lowest BCUT2D eigenvalue weighted by molar-refractivity contribution is 0.199. The SMILES string of the molecule is Clc1ccc(C(C2CCC2)C(Nc2ccccc2)C2CCCNC2)cc1. The van der Waals surface area contributed by atoms with E-state index < -0.39 is 0 Å². The molecule has 1 saturated heterocycles. The fourth-order valence-electron chi connectivity index (χ4n) is 4.67. The second-order valence-electron chi connectivity index (χ2n) is 7.91. The lowest BCUT2D eigenvalue weighted by Gasteiger charge is -2.44. The van der Waals surface area contributed by atoms with Crippen LogP contribution in [0.3, 0.4) is 0 Å². The zero-order valence-corrected chi connectivity index (χ0v) is 16.1. The summed E-state index contributed by atoms with van der Waals surface area (Å²) in [6, 6.07) is 19.8. The minimum absolute atomic E-state index is 0.455. The second-order valence-corrected chi connectivity index (χ2v) is 8.35. The highest BCUT2D eigenvalue weighted by Gasteiger charge is 2.38. The summed E-state index contributed by atoms with van der Waals surface area (Å²) in [5.41, 5.74) is 2.68. The third-order valence-electron chi connectivity index (χ3n) is 6.25. The van der Waals surface area contributed by atoms with Crippen molar-refractivity contribution in [3.05, 3.63) is 65.2 Å². The highest BCUT2D eigenvalue weighted by atomic mass is 35.5. The van der Waals surface area contributed by atoms with E-state index in [2.05, 4.69) is 65.2 Å². The number of benzene rings is 2. The Labute approximate surface area is 162 Å². The van der Waals surface area contributed by atoms with Gasteiger partial charge in [-0.05, 0) is 80.4 Å². The number of rotatable bonds is 6. The van der Waals surface area contributed by atoms with Gasteiger partial charge in [0.1, 0.15) is 0 Å². The molecule has 0 bridgehead atoms. The summed E-state index contributed by atoms with van der Waals surface area (Å²) in [5.74, 6) is 1.98. The topological polar surface area (TPSA) is 24.1 Å². The molecule has 3 heteroatoms. The zero-order valence-electron chi connectivity index (χ0n) is 15.3. The first-order chi connectivity index (χ1) is 12.8. The number of anilines is 1. The van der Waals surface area contributed by atoms with Crippen molar-refractivity contribution < 1.29 is 0 Å². The standard InChI is InChI=1S/C23H29ClN2/c24-20-13-11-18(12-14-20)22(17-6-4-7-17)23(19-8-5-15-25-16-19)26-21-9-2-1-3-10-21/h1-3,9-14,17,19,22-23,25-26H,4-8,15-16H2. The number of hydrogen-bond acceptors (Lipinski definition) is 2. The molecule has 138 valence electrons. The van der Waals surface area contributed by atoms with Gasteiger partial charge in [0.25, 0.3) is 0 Å². The predicted molar refractivity (Wildman–Crippen MR) is 111 cm³/mol. The fraction of sp³-hybridized carbons (Fsp3) is 0.478. The van der Waals surface area contributed by atoms with Gasteiger partial charge in [-0.15, -0.1) is 0 Å². The zero-order chi connectivity index (χ0) is 17.8. The smallest absolute Gasteiger partial charge is 0.0406 e. The molecule has 1 saturated carbocycles. The number of halogens is 1. The van der Waals surface area contributed by atoms with Gasteiger partial charge in [-0.25, -0.2) is 0 Å². The summed E-state index contributed by atoms with van der Waals surface area (Å²) < 4.78 is 0. The number of piperidine rings is 1. The van der Waals surface area contributed by atoms with Crippen molar-refractivity contribution in [2.75, 3.05) is 18.4 Å². The van der Waals surface area contributed by atoms with Crippen LogP contribution in [-0.2, 0) is 0 Å². The fourth-order valence-corrected chi connectivity index (χ4v) is 4.80. The van der Waals surface area contributed by atoms with Gasteiger partial charge in [0.15, 0.2) is 0 Å². The molecule has 2 aromatic carbocycles. The number of hydrogen-bond donors (Lipinski definition) is 2. The molecule has 0 aromatic heterocycles. The summed E-state index contributed by atoms with van der Waals surface area (Å²) in [7, 11) is 0. The highest BCUT2D eigenvalue weighted by molar-refractivity contribution is 6.30. The minimum atomic E-state index is 0.455. The third kappa shape index (κ3) is 4.07. The first-order valence-electron chi connectivity index (χ1n) is 10.1. The van der Waals surface area contributed by atoms with E-state index >= 15 is 0 Å². The molecular formula is C23H29ClN2. The van der Waals surface area contributed by atoms with Crippen molar-refractivity contribution >= 4 is 17.3 Å². The predicted octanol–water partition coefficient (Wildman–Crippen LogP) is 5.70. The van der Waals surface area contributed by atoms with Crippen molar-refractivity contribution in [1.29, 1.82) is 0 Å². The van der Waals surface area contributed by atoms with Gasteiger partial charge in [-0.3, -0.25) is 0 Å². The normalized spacial score (nSPS) is 23.0. The van der Waals surface area contributed by atoms with E-state index in [1.54, 1.807) is 0 Å². The van der Waals surface area contributed by atoms with Gasteiger partial charge in [0, 0.05) is 22.7 Å². The molecule has 2 nitrogen and oxygen atoms in total. The van der Waals surface area contributed by atoms with Gasteiger partial charge in [-0.1, -0.05) is 48.4 Å². The summed E-state index contributed by atoms with van der Waals surface area (Å²) in [6.45, 7) is 2.27. The van der Waals surface area contributed by atoms with Crippen LogP contribution in [-0.4, -0.2) is 19.1 Å². The average molecular weight is 369 g/mol. The molecule has 4 rings (SSSR count). The third-order valence-corrected chi connectivity index (χ3v) is 6.50. The molecule has 1 aliphatic heterocycles. The van der Waals surface area contributed by atoms with Crippen molar-refractivity contribution in [3.8, 4) is 0 Å². The van der Waals surface area contributed by atoms with E-state index in [0.717, 1.165) is 24.0 Å². The van der Waals surface area contributed by atoms with Crippen molar-refractivity contribution in [3.63, 3.8) is 0 Å². The Balaban J connectivity index is 1.66. The Morgan fingerprint density at radius 3 is 2.23 bits per heavy atom. The second kappa shape index (κ2) is 8.45. The molecule has 0 spiro atoms. The van der Waals surface area contributed by atoms with E-state index in [-0.39, 0.29) is 0 Å². The van der Waals surface area contributed by atoms with Crippen LogP contribution in [0.4, 0.5) is 5.69 Å². The molecule has 2 N–H and O–H groups in total. The quantitative estimate of drug-likeness (QED) is 0.682. The van der Waals surface area contributed by atoms with E-state index in [9.17, 15) is 0 Å². The van der Waals surface area contributed by atoms with Crippen LogP contribution in [0, 0.1) is 11.8 Å². The summed E-state index contributed by atoms with van der Waals surface area (Å²) in [5, 5.41) is 8.40. The number of nitrogens with one attached hydrogen (secondary N) is 2.